The summed E-state index contributed by atoms with van der Waals surface area (Å²) in [5, 5.41) is 8.69. The van der Waals surface area contributed by atoms with Gasteiger partial charge in [0.15, 0.2) is 5.82 Å². The van der Waals surface area contributed by atoms with Crippen LogP contribution in [-0.4, -0.2) is 25.5 Å². The molecule has 146 valence electrons. The molecule has 0 spiro atoms. The zero-order valence-corrected chi connectivity index (χ0v) is 16.7. The lowest BCUT2D eigenvalue weighted by molar-refractivity contribution is 0.410. The largest absolute Gasteiger partial charge is 0.496 e. The van der Waals surface area contributed by atoms with E-state index in [0.717, 1.165) is 28.4 Å². The Morgan fingerprint density at radius 2 is 1.71 bits per heavy atom. The van der Waals surface area contributed by atoms with E-state index in [2.05, 4.69) is 15.3 Å². The smallest absolute Gasteiger partial charge is 0.238 e. The number of sulfonamides is 1. The number of hydrogen-bond acceptors (Lipinski definition) is 6. The van der Waals surface area contributed by atoms with Gasteiger partial charge < -0.3 is 10.1 Å². The molecule has 0 aliphatic heterocycles. The number of nitrogens with one attached hydrogen (secondary N) is 1. The van der Waals surface area contributed by atoms with Gasteiger partial charge in [0.05, 0.1) is 12.0 Å². The Hall–Kier alpha value is -2.97. The van der Waals surface area contributed by atoms with Gasteiger partial charge in [0, 0.05) is 34.7 Å². The van der Waals surface area contributed by atoms with Crippen molar-refractivity contribution in [3.8, 4) is 17.1 Å². The van der Waals surface area contributed by atoms with Gasteiger partial charge in [0.2, 0.25) is 10.0 Å². The first-order valence-electron chi connectivity index (χ1n) is 8.63. The van der Waals surface area contributed by atoms with Crippen LogP contribution in [0.15, 0.2) is 53.4 Å². The van der Waals surface area contributed by atoms with Crippen LogP contribution in [0.3, 0.4) is 0 Å². The Bertz CT molecular complexity index is 1090. The molecule has 2 aromatic carbocycles. The van der Waals surface area contributed by atoms with Gasteiger partial charge in [-0.05, 0) is 44.2 Å². The number of benzene rings is 2. The fraction of sp³-hybridized carbons (Fsp3) is 0.200. The Morgan fingerprint density at radius 1 is 1.04 bits per heavy atom. The maximum Gasteiger partial charge on any atom is 0.238 e. The van der Waals surface area contributed by atoms with Gasteiger partial charge in [-0.15, -0.1) is 0 Å². The van der Waals surface area contributed by atoms with E-state index in [9.17, 15) is 8.42 Å². The van der Waals surface area contributed by atoms with Crippen LogP contribution in [0.1, 0.15) is 17.0 Å². The summed E-state index contributed by atoms with van der Waals surface area (Å²) in [6.45, 7) is 4.17. The van der Waals surface area contributed by atoms with Gasteiger partial charge in [-0.25, -0.2) is 23.5 Å². The topological polar surface area (TPSA) is 107 Å². The van der Waals surface area contributed by atoms with Crippen LogP contribution in [0.4, 0.5) is 5.69 Å². The SMILES string of the molecule is COc1ccccc1CNc1ccc(S(N)(=O)=O)c(-c2nc(C)cc(C)n2)c1. The number of aryl methyl sites for hydroxylation is 2. The van der Waals surface area contributed by atoms with Crippen molar-refractivity contribution in [3.63, 3.8) is 0 Å². The molecule has 0 aliphatic rings. The van der Waals surface area contributed by atoms with Crippen molar-refractivity contribution < 1.29 is 13.2 Å². The summed E-state index contributed by atoms with van der Waals surface area (Å²) in [4.78, 5) is 8.76. The predicted octanol–water partition coefficient (Wildman–Crippen LogP) is 3.03. The number of rotatable bonds is 6. The van der Waals surface area contributed by atoms with E-state index < -0.39 is 10.0 Å². The highest BCUT2D eigenvalue weighted by atomic mass is 32.2. The monoisotopic (exact) mass is 398 g/mol. The number of nitrogens with two attached hydrogens (primary N) is 1. The first-order valence-corrected chi connectivity index (χ1v) is 10.2. The number of aromatic nitrogens is 2. The molecule has 8 heteroatoms. The number of para-hydroxylation sites is 1. The number of anilines is 1. The minimum atomic E-state index is -3.93. The fourth-order valence-corrected chi connectivity index (χ4v) is 3.67. The molecule has 0 saturated heterocycles. The number of ether oxygens (including phenoxy) is 1. The average Bonchev–Trinajstić information content (AvgIpc) is 2.64. The maximum atomic E-state index is 12.1. The van der Waals surface area contributed by atoms with Crippen LogP contribution in [0.2, 0.25) is 0 Å². The van der Waals surface area contributed by atoms with E-state index in [1.54, 1.807) is 19.2 Å². The molecule has 0 radical (unpaired) electrons. The average molecular weight is 398 g/mol. The highest BCUT2D eigenvalue weighted by Gasteiger charge is 2.18. The molecule has 0 unspecified atom stereocenters. The molecule has 1 aromatic heterocycles. The summed E-state index contributed by atoms with van der Waals surface area (Å²) >= 11 is 0. The van der Waals surface area contributed by atoms with E-state index in [4.69, 9.17) is 9.88 Å². The van der Waals surface area contributed by atoms with Gasteiger partial charge in [-0.1, -0.05) is 18.2 Å². The van der Waals surface area contributed by atoms with Crippen LogP contribution < -0.4 is 15.2 Å². The Kier molecular flexibility index (Phi) is 5.62. The zero-order chi connectivity index (χ0) is 20.3. The van der Waals surface area contributed by atoms with E-state index in [-0.39, 0.29) is 4.90 Å². The van der Waals surface area contributed by atoms with E-state index >= 15 is 0 Å². The molecule has 3 aromatic rings. The molecular formula is C20H22N4O3S. The molecular weight excluding hydrogens is 376 g/mol. The van der Waals surface area contributed by atoms with Crippen molar-refractivity contribution in [3.05, 3.63) is 65.5 Å². The second kappa shape index (κ2) is 7.95. The van der Waals surface area contributed by atoms with Crippen LogP contribution in [0, 0.1) is 13.8 Å². The van der Waals surface area contributed by atoms with Crippen molar-refractivity contribution in [1.29, 1.82) is 0 Å². The van der Waals surface area contributed by atoms with Crippen LogP contribution in [0.25, 0.3) is 11.4 Å². The highest BCUT2D eigenvalue weighted by molar-refractivity contribution is 7.89. The Morgan fingerprint density at radius 3 is 2.36 bits per heavy atom. The fourth-order valence-electron chi connectivity index (χ4n) is 2.96. The standard InChI is InChI=1S/C20H22N4O3S/c1-13-10-14(2)24-20(23-13)17-11-16(8-9-19(17)28(21,25)26)22-12-15-6-4-5-7-18(15)27-3/h4-11,22H,12H2,1-3H3,(H2,21,25,26). The molecule has 3 rings (SSSR count). The summed E-state index contributed by atoms with van der Waals surface area (Å²) in [6, 6.07) is 14.3. The third-order valence-corrected chi connectivity index (χ3v) is 5.15. The number of hydrogen-bond donors (Lipinski definition) is 2. The van der Waals surface area contributed by atoms with E-state index in [1.807, 2.05) is 44.2 Å². The minimum Gasteiger partial charge on any atom is -0.496 e. The minimum absolute atomic E-state index is 0.0136. The molecule has 0 atom stereocenters. The maximum absolute atomic E-state index is 12.1. The molecule has 0 fully saturated rings. The molecule has 1 heterocycles. The van der Waals surface area contributed by atoms with Crippen LogP contribution in [0.5, 0.6) is 5.75 Å². The van der Waals surface area contributed by atoms with Crippen molar-refractivity contribution in [2.45, 2.75) is 25.3 Å². The quantitative estimate of drug-likeness (QED) is 0.661. The first kappa shape index (κ1) is 19.8. The van der Waals surface area contributed by atoms with Crippen LogP contribution in [-0.2, 0) is 16.6 Å². The lowest BCUT2D eigenvalue weighted by Gasteiger charge is -2.13. The first-order chi connectivity index (χ1) is 13.3. The molecule has 0 bridgehead atoms. The third-order valence-electron chi connectivity index (χ3n) is 4.18. The van der Waals surface area contributed by atoms with Gasteiger partial charge in [0.25, 0.3) is 0 Å². The number of primary sulfonamides is 1. The van der Waals surface area contributed by atoms with Gasteiger partial charge >= 0.3 is 0 Å². The molecule has 0 saturated carbocycles. The summed E-state index contributed by atoms with van der Waals surface area (Å²) in [7, 11) is -2.31. The summed E-state index contributed by atoms with van der Waals surface area (Å²) in [6.07, 6.45) is 0. The van der Waals surface area contributed by atoms with Crippen molar-refractivity contribution in [1.82, 2.24) is 9.97 Å². The molecule has 0 aliphatic carbocycles. The molecule has 0 amide bonds. The number of nitrogens with zero attached hydrogens (tertiary/aromatic N) is 2. The summed E-state index contributed by atoms with van der Waals surface area (Å²) < 4.78 is 29.5. The molecule has 3 N–H and O–H groups in total. The highest BCUT2D eigenvalue weighted by Crippen LogP contribution is 2.28. The second-order valence-corrected chi connectivity index (χ2v) is 7.93. The van der Waals surface area contributed by atoms with E-state index in [1.165, 1.54) is 6.07 Å². The number of methoxy groups -OCH3 is 1. The molecule has 7 nitrogen and oxygen atoms in total. The Labute approximate surface area is 164 Å². The van der Waals surface area contributed by atoms with E-state index in [0.29, 0.717) is 17.9 Å². The van der Waals surface area contributed by atoms with Crippen molar-refractivity contribution >= 4 is 15.7 Å². The van der Waals surface area contributed by atoms with Crippen LogP contribution >= 0.6 is 0 Å². The molecule has 28 heavy (non-hydrogen) atoms. The second-order valence-electron chi connectivity index (χ2n) is 6.40. The lowest BCUT2D eigenvalue weighted by atomic mass is 10.1. The van der Waals surface area contributed by atoms with Crippen molar-refractivity contribution in [2.24, 2.45) is 5.14 Å². The van der Waals surface area contributed by atoms with Crippen molar-refractivity contribution in [2.75, 3.05) is 12.4 Å². The lowest BCUT2D eigenvalue weighted by Crippen LogP contribution is -2.14. The van der Waals surface area contributed by atoms with Gasteiger partial charge in [-0.2, -0.15) is 0 Å². The Balaban J connectivity index is 2.00. The zero-order valence-electron chi connectivity index (χ0n) is 15.9. The predicted molar refractivity (Wildman–Crippen MR) is 109 cm³/mol. The summed E-state index contributed by atoms with van der Waals surface area (Å²) in [5.41, 5.74) is 3.55. The third kappa shape index (κ3) is 4.47. The normalized spacial score (nSPS) is 11.3. The van der Waals surface area contributed by atoms with Gasteiger partial charge in [0.1, 0.15) is 5.75 Å². The van der Waals surface area contributed by atoms with Gasteiger partial charge in [-0.3, -0.25) is 0 Å². The summed E-state index contributed by atoms with van der Waals surface area (Å²) in [5.74, 6) is 1.09.